The van der Waals surface area contributed by atoms with Crippen LogP contribution >= 0.6 is 0 Å². The molecule has 0 fully saturated rings. The summed E-state index contributed by atoms with van der Waals surface area (Å²) < 4.78 is 19.2. The Labute approximate surface area is 121 Å². The second kappa shape index (κ2) is 5.63. The Morgan fingerprint density at radius 1 is 0.952 bits per heavy atom. The van der Waals surface area contributed by atoms with Crippen molar-refractivity contribution in [1.29, 1.82) is 0 Å². The summed E-state index contributed by atoms with van der Waals surface area (Å²) >= 11 is 0. The van der Waals surface area contributed by atoms with Gasteiger partial charge in [0.05, 0.1) is 5.69 Å². The van der Waals surface area contributed by atoms with Crippen LogP contribution in [0.2, 0.25) is 0 Å². The molecule has 0 unspecified atom stereocenters. The summed E-state index contributed by atoms with van der Waals surface area (Å²) in [5.74, 6) is 0.219. The van der Waals surface area contributed by atoms with Gasteiger partial charge >= 0.3 is 0 Å². The zero-order valence-electron chi connectivity index (χ0n) is 11.2. The average molecular weight is 280 g/mol. The number of anilines is 1. The minimum Gasteiger partial charge on any atom is -0.454 e. The van der Waals surface area contributed by atoms with Crippen molar-refractivity contribution >= 4 is 5.69 Å². The lowest BCUT2D eigenvalue weighted by Gasteiger charge is -2.08. The number of hydrogen-bond donors (Lipinski definition) is 1. The highest BCUT2D eigenvalue weighted by Gasteiger charge is 2.05. The molecule has 0 saturated heterocycles. The third-order valence-corrected chi connectivity index (χ3v) is 3.00. The molecule has 2 aromatic carbocycles. The number of benzene rings is 2. The van der Waals surface area contributed by atoms with E-state index in [9.17, 15) is 4.39 Å². The topological polar surface area (TPSA) is 48.1 Å². The number of nitrogens with two attached hydrogens (primary N) is 1. The molecule has 1 aromatic heterocycles. The molecule has 4 heteroatoms. The Bertz CT molecular complexity index is 742. The first-order chi connectivity index (χ1) is 10.2. The zero-order valence-corrected chi connectivity index (χ0v) is 11.2. The number of aromatic nitrogens is 1. The van der Waals surface area contributed by atoms with Gasteiger partial charge in [-0.2, -0.15) is 0 Å². The van der Waals surface area contributed by atoms with Gasteiger partial charge in [0, 0.05) is 23.5 Å². The van der Waals surface area contributed by atoms with E-state index in [0.29, 0.717) is 11.4 Å². The lowest BCUT2D eigenvalue weighted by Crippen LogP contribution is -1.91. The fourth-order valence-corrected chi connectivity index (χ4v) is 1.95. The third-order valence-electron chi connectivity index (χ3n) is 3.00. The van der Waals surface area contributed by atoms with E-state index in [1.54, 1.807) is 24.4 Å². The maximum atomic E-state index is 13.7. The molecule has 0 saturated carbocycles. The molecule has 21 heavy (non-hydrogen) atoms. The SMILES string of the molecule is Nc1ccc(Oc2ccc(-c3ccccn3)cc2)c(F)c1. The van der Waals surface area contributed by atoms with E-state index in [0.717, 1.165) is 11.3 Å². The van der Waals surface area contributed by atoms with Crippen LogP contribution in [0.3, 0.4) is 0 Å². The Kier molecular flexibility index (Phi) is 3.51. The van der Waals surface area contributed by atoms with Gasteiger partial charge in [0.2, 0.25) is 0 Å². The molecule has 3 nitrogen and oxygen atoms in total. The molecule has 3 rings (SSSR count). The third kappa shape index (κ3) is 3.00. The first-order valence-corrected chi connectivity index (χ1v) is 6.47. The maximum absolute atomic E-state index is 13.7. The first kappa shape index (κ1) is 13.1. The number of rotatable bonds is 3. The number of ether oxygens (including phenoxy) is 1. The summed E-state index contributed by atoms with van der Waals surface area (Å²) in [4.78, 5) is 4.27. The largest absolute Gasteiger partial charge is 0.454 e. The van der Waals surface area contributed by atoms with Crippen LogP contribution < -0.4 is 10.5 Å². The van der Waals surface area contributed by atoms with E-state index in [-0.39, 0.29) is 5.75 Å². The van der Waals surface area contributed by atoms with Crippen molar-refractivity contribution in [3.05, 3.63) is 72.7 Å². The molecule has 2 N–H and O–H groups in total. The van der Waals surface area contributed by atoms with E-state index in [2.05, 4.69) is 4.98 Å². The van der Waals surface area contributed by atoms with E-state index in [1.807, 2.05) is 30.3 Å². The molecule has 0 aliphatic rings. The van der Waals surface area contributed by atoms with E-state index in [4.69, 9.17) is 10.5 Å². The van der Waals surface area contributed by atoms with Crippen molar-refractivity contribution in [3.8, 4) is 22.8 Å². The highest BCUT2D eigenvalue weighted by molar-refractivity contribution is 5.59. The molecule has 0 spiro atoms. The van der Waals surface area contributed by atoms with Gasteiger partial charge < -0.3 is 10.5 Å². The van der Waals surface area contributed by atoms with Crippen LogP contribution in [0.25, 0.3) is 11.3 Å². The fourth-order valence-electron chi connectivity index (χ4n) is 1.95. The smallest absolute Gasteiger partial charge is 0.167 e. The molecule has 0 bridgehead atoms. The second-order valence-electron chi connectivity index (χ2n) is 4.53. The normalized spacial score (nSPS) is 10.3. The molecule has 0 aliphatic heterocycles. The fraction of sp³-hybridized carbons (Fsp3) is 0. The maximum Gasteiger partial charge on any atom is 0.167 e. The predicted molar refractivity (Wildman–Crippen MR) is 80.6 cm³/mol. The molecule has 0 atom stereocenters. The minimum atomic E-state index is -0.483. The highest BCUT2D eigenvalue weighted by Crippen LogP contribution is 2.27. The monoisotopic (exact) mass is 280 g/mol. The number of nitrogens with zero attached hydrogens (tertiary/aromatic N) is 1. The van der Waals surface area contributed by atoms with Crippen molar-refractivity contribution in [2.45, 2.75) is 0 Å². The molecule has 104 valence electrons. The van der Waals surface area contributed by atoms with Gasteiger partial charge in [0.25, 0.3) is 0 Å². The van der Waals surface area contributed by atoms with E-state index >= 15 is 0 Å². The van der Waals surface area contributed by atoms with Crippen LogP contribution in [-0.4, -0.2) is 4.98 Å². The summed E-state index contributed by atoms with van der Waals surface area (Å²) in [6.07, 6.45) is 1.74. The summed E-state index contributed by atoms with van der Waals surface area (Å²) in [5.41, 5.74) is 7.72. The quantitative estimate of drug-likeness (QED) is 0.729. The van der Waals surface area contributed by atoms with Gasteiger partial charge in [0.15, 0.2) is 11.6 Å². The number of pyridine rings is 1. The number of hydrogen-bond acceptors (Lipinski definition) is 3. The molecular weight excluding hydrogens is 267 g/mol. The Hall–Kier alpha value is -2.88. The predicted octanol–water partition coefficient (Wildman–Crippen LogP) is 4.26. The lowest BCUT2D eigenvalue weighted by atomic mass is 10.1. The average Bonchev–Trinajstić information content (AvgIpc) is 2.52. The zero-order chi connectivity index (χ0) is 14.7. The molecule has 1 heterocycles. The van der Waals surface area contributed by atoms with Crippen LogP contribution in [0.15, 0.2) is 66.9 Å². The van der Waals surface area contributed by atoms with Crippen molar-refractivity contribution in [3.63, 3.8) is 0 Å². The number of halogens is 1. The Morgan fingerprint density at radius 2 is 1.76 bits per heavy atom. The summed E-state index contributed by atoms with van der Waals surface area (Å²) in [5, 5.41) is 0. The Morgan fingerprint density at radius 3 is 2.43 bits per heavy atom. The van der Waals surface area contributed by atoms with Crippen LogP contribution in [0.1, 0.15) is 0 Å². The van der Waals surface area contributed by atoms with Crippen molar-refractivity contribution in [2.24, 2.45) is 0 Å². The van der Waals surface area contributed by atoms with E-state index in [1.165, 1.54) is 12.1 Å². The van der Waals surface area contributed by atoms with Crippen LogP contribution in [0, 0.1) is 5.82 Å². The van der Waals surface area contributed by atoms with Crippen molar-refractivity contribution in [1.82, 2.24) is 4.98 Å². The van der Waals surface area contributed by atoms with Gasteiger partial charge in [-0.3, -0.25) is 4.98 Å². The minimum absolute atomic E-state index is 0.148. The molecular formula is C17H13FN2O. The van der Waals surface area contributed by atoms with Crippen LogP contribution in [-0.2, 0) is 0 Å². The van der Waals surface area contributed by atoms with Gasteiger partial charge in [-0.1, -0.05) is 6.07 Å². The molecule has 3 aromatic rings. The summed E-state index contributed by atoms with van der Waals surface area (Å²) in [6, 6.07) is 17.4. The molecule has 0 radical (unpaired) electrons. The Balaban J connectivity index is 1.81. The van der Waals surface area contributed by atoms with Crippen LogP contribution in [0.4, 0.5) is 10.1 Å². The van der Waals surface area contributed by atoms with Crippen molar-refractivity contribution < 1.29 is 9.13 Å². The van der Waals surface area contributed by atoms with Gasteiger partial charge in [-0.05, 0) is 48.5 Å². The molecule has 0 aliphatic carbocycles. The number of nitrogen functional groups attached to an aromatic ring is 1. The summed E-state index contributed by atoms with van der Waals surface area (Å²) in [6.45, 7) is 0. The van der Waals surface area contributed by atoms with Crippen LogP contribution in [0.5, 0.6) is 11.5 Å². The first-order valence-electron chi connectivity index (χ1n) is 6.47. The second-order valence-corrected chi connectivity index (χ2v) is 4.53. The van der Waals surface area contributed by atoms with Gasteiger partial charge in [-0.15, -0.1) is 0 Å². The van der Waals surface area contributed by atoms with Gasteiger partial charge in [0.1, 0.15) is 5.75 Å². The van der Waals surface area contributed by atoms with Crippen molar-refractivity contribution in [2.75, 3.05) is 5.73 Å². The lowest BCUT2D eigenvalue weighted by molar-refractivity contribution is 0.442. The summed E-state index contributed by atoms with van der Waals surface area (Å²) in [7, 11) is 0. The van der Waals surface area contributed by atoms with Gasteiger partial charge in [-0.25, -0.2) is 4.39 Å². The van der Waals surface area contributed by atoms with E-state index < -0.39 is 5.82 Å². The standard InChI is InChI=1S/C17H13FN2O/c18-15-11-13(19)6-9-17(15)21-14-7-4-12(5-8-14)16-3-1-2-10-20-16/h1-11H,19H2. The molecule has 0 amide bonds. The highest BCUT2D eigenvalue weighted by atomic mass is 19.1.